The molecule has 0 spiro atoms. The van der Waals surface area contributed by atoms with Crippen molar-refractivity contribution in [3.8, 4) is 0 Å². The third kappa shape index (κ3) is 3.79. The van der Waals surface area contributed by atoms with Crippen molar-refractivity contribution in [1.82, 2.24) is 4.90 Å². The number of morpholine rings is 1. The number of hydrogen-bond acceptors (Lipinski definition) is 2. The van der Waals surface area contributed by atoms with Gasteiger partial charge in [0.1, 0.15) is 11.9 Å². The fraction of sp³-hybridized carbons (Fsp3) is 0.562. The van der Waals surface area contributed by atoms with Crippen LogP contribution >= 0.6 is 0 Å². The number of amides is 1. The molecule has 3 nitrogen and oxygen atoms in total. The van der Waals surface area contributed by atoms with Gasteiger partial charge in [-0.25, -0.2) is 4.39 Å². The van der Waals surface area contributed by atoms with Crippen molar-refractivity contribution in [2.75, 3.05) is 13.1 Å². The number of hydrogen-bond donors (Lipinski definition) is 0. The Hall–Kier alpha value is -1.42. The van der Waals surface area contributed by atoms with Crippen LogP contribution in [0.5, 0.6) is 0 Å². The Labute approximate surface area is 119 Å². The first-order valence-electron chi connectivity index (χ1n) is 7.14. The van der Waals surface area contributed by atoms with Gasteiger partial charge >= 0.3 is 0 Å². The molecule has 4 heteroatoms. The first-order chi connectivity index (χ1) is 9.45. The molecule has 0 bridgehead atoms. The third-order valence-corrected chi connectivity index (χ3v) is 3.44. The average Bonchev–Trinajstić information content (AvgIpc) is 2.38. The summed E-state index contributed by atoms with van der Waals surface area (Å²) in [4.78, 5) is 14.1. The summed E-state index contributed by atoms with van der Waals surface area (Å²) in [5.74, 6) is 0.262. The van der Waals surface area contributed by atoms with E-state index in [-0.39, 0.29) is 23.9 Å². The molecule has 110 valence electrons. The summed E-state index contributed by atoms with van der Waals surface area (Å²) in [7, 11) is 0. The largest absolute Gasteiger partial charge is 0.367 e. The molecule has 0 N–H and O–H groups in total. The monoisotopic (exact) mass is 279 g/mol. The zero-order chi connectivity index (χ0) is 14.7. The Morgan fingerprint density at radius 3 is 2.60 bits per heavy atom. The van der Waals surface area contributed by atoms with Crippen LogP contribution in [0.15, 0.2) is 24.3 Å². The lowest BCUT2D eigenvalue weighted by Gasteiger charge is -2.37. The molecule has 0 aliphatic carbocycles. The zero-order valence-corrected chi connectivity index (χ0v) is 12.3. The van der Waals surface area contributed by atoms with Gasteiger partial charge in [-0.05, 0) is 30.5 Å². The van der Waals surface area contributed by atoms with Crippen molar-refractivity contribution in [1.29, 1.82) is 0 Å². The average molecular weight is 279 g/mol. The molecule has 1 amide bonds. The standard InChI is InChI=1S/C16H22FNO2/c1-11(2)8-16(19)18-9-12(3)20-15(10-18)13-4-6-14(17)7-5-13/h4-7,11-12,15H,8-10H2,1-3H3. The van der Waals surface area contributed by atoms with Gasteiger partial charge in [-0.15, -0.1) is 0 Å². The van der Waals surface area contributed by atoms with E-state index in [9.17, 15) is 9.18 Å². The van der Waals surface area contributed by atoms with Crippen molar-refractivity contribution in [2.45, 2.75) is 39.4 Å². The molecule has 1 aromatic rings. The van der Waals surface area contributed by atoms with Gasteiger partial charge in [-0.2, -0.15) is 0 Å². The molecule has 1 aliphatic heterocycles. The first-order valence-corrected chi connectivity index (χ1v) is 7.14. The lowest BCUT2D eigenvalue weighted by Crippen LogP contribution is -2.46. The minimum atomic E-state index is -0.259. The topological polar surface area (TPSA) is 29.5 Å². The minimum absolute atomic E-state index is 0.00471. The molecule has 1 heterocycles. The molecule has 2 unspecified atom stereocenters. The van der Waals surface area contributed by atoms with Gasteiger partial charge in [0.25, 0.3) is 0 Å². The van der Waals surface area contributed by atoms with Crippen LogP contribution in [0.4, 0.5) is 4.39 Å². The summed E-state index contributed by atoms with van der Waals surface area (Å²) < 4.78 is 18.9. The highest BCUT2D eigenvalue weighted by atomic mass is 19.1. The van der Waals surface area contributed by atoms with E-state index in [2.05, 4.69) is 0 Å². The number of benzene rings is 1. The second-order valence-corrected chi connectivity index (χ2v) is 5.88. The van der Waals surface area contributed by atoms with Crippen LogP contribution in [0.2, 0.25) is 0 Å². The van der Waals surface area contributed by atoms with E-state index in [1.807, 2.05) is 25.7 Å². The van der Waals surface area contributed by atoms with Crippen molar-refractivity contribution < 1.29 is 13.9 Å². The predicted octanol–water partition coefficient (Wildman–Crippen LogP) is 3.16. The van der Waals surface area contributed by atoms with Gasteiger partial charge < -0.3 is 9.64 Å². The van der Waals surface area contributed by atoms with Crippen molar-refractivity contribution in [3.05, 3.63) is 35.6 Å². The maximum absolute atomic E-state index is 13.0. The van der Waals surface area contributed by atoms with Crippen LogP contribution in [0.3, 0.4) is 0 Å². The molecule has 0 saturated carbocycles. The highest BCUT2D eigenvalue weighted by molar-refractivity contribution is 5.76. The molecule has 20 heavy (non-hydrogen) atoms. The van der Waals surface area contributed by atoms with E-state index in [0.717, 1.165) is 5.56 Å². The van der Waals surface area contributed by atoms with Crippen molar-refractivity contribution in [3.63, 3.8) is 0 Å². The molecular weight excluding hydrogens is 257 g/mol. The Balaban J connectivity index is 2.08. The molecule has 1 fully saturated rings. The first kappa shape index (κ1) is 15.0. The molecule has 1 aliphatic rings. The van der Waals surface area contributed by atoms with E-state index in [4.69, 9.17) is 4.74 Å². The lowest BCUT2D eigenvalue weighted by atomic mass is 10.0. The summed E-state index contributed by atoms with van der Waals surface area (Å²) in [6.07, 6.45) is 0.383. The van der Waals surface area contributed by atoms with Crippen molar-refractivity contribution >= 4 is 5.91 Å². The van der Waals surface area contributed by atoms with Crippen molar-refractivity contribution in [2.24, 2.45) is 5.92 Å². The Kier molecular flexibility index (Phi) is 4.76. The van der Waals surface area contributed by atoms with Gasteiger partial charge in [0.05, 0.1) is 12.6 Å². The maximum atomic E-state index is 13.0. The lowest BCUT2D eigenvalue weighted by molar-refractivity contribution is -0.145. The molecule has 2 rings (SSSR count). The summed E-state index contributed by atoms with van der Waals surface area (Å²) in [5.41, 5.74) is 0.917. The van der Waals surface area contributed by atoms with E-state index < -0.39 is 0 Å². The second kappa shape index (κ2) is 6.35. The zero-order valence-electron chi connectivity index (χ0n) is 12.3. The SMILES string of the molecule is CC(C)CC(=O)N1CC(C)OC(c2ccc(F)cc2)C1. The van der Waals surface area contributed by atoms with E-state index in [1.54, 1.807) is 12.1 Å². The smallest absolute Gasteiger partial charge is 0.223 e. The van der Waals surface area contributed by atoms with Gasteiger partial charge in [-0.1, -0.05) is 26.0 Å². The number of halogens is 1. The van der Waals surface area contributed by atoms with Crippen LogP contribution in [0, 0.1) is 11.7 Å². The number of rotatable bonds is 3. The van der Waals surface area contributed by atoms with Crippen LogP contribution < -0.4 is 0 Å². The molecular formula is C16H22FNO2. The van der Waals surface area contributed by atoms with Gasteiger partial charge in [0.2, 0.25) is 5.91 Å². The third-order valence-electron chi connectivity index (χ3n) is 3.44. The van der Waals surface area contributed by atoms with Crippen LogP contribution in [-0.2, 0) is 9.53 Å². The summed E-state index contributed by atoms with van der Waals surface area (Å²) in [6, 6.07) is 6.31. The molecule has 0 radical (unpaired) electrons. The Bertz CT molecular complexity index is 458. The fourth-order valence-corrected chi connectivity index (χ4v) is 2.49. The van der Waals surface area contributed by atoms with Crippen LogP contribution in [0.1, 0.15) is 38.9 Å². The summed E-state index contributed by atoms with van der Waals surface area (Å²) in [5, 5.41) is 0. The van der Waals surface area contributed by atoms with E-state index >= 15 is 0 Å². The Morgan fingerprint density at radius 2 is 2.00 bits per heavy atom. The number of nitrogens with zero attached hydrogens (tertiary/aromatic N) is 1. The number of carbonyl (C=O) groups excluding carboxylic acids is 1. The Morgan fingerprint density at radius 1 is 1.35 bits per heavy atom. The molecule has 1 aromatic carbocycles. The van der Waals surface area contributed by atoms with Gasteiger partial charge in [-0.3, -0.25) is 4.79 Å². The summed E-state index contributed by atoms with van der Waals surface area (Å²) >= 11 is 0. The fourth-order valence-electron chi connectivity index (χ4n) is 2.49. The normalized spacial score (nSPS) is 23.1. The molecule has 1 saturated heterocycles. The highest BCUT2D eigenvalue weighted by Gasteiger charge is 2.29. The van der Waals surface area contributed by atoms with E-state index in [0.29, 0.717) is 25.4 Å². The highest BCUT2D eigenvalue weighted by Crippen LogP contribution is 2.26. The maximum Gasteiger partial charge on any atom is 0.223 e. The van der Waals surface area contributed by atoms with Crippen LogP contribution in [-0.4, -0.2) is 30.0 Å². The quantitative estimate of drug-likeness (QED) is 0.850. The molecule has 2 atom stereocenters. The van der Waals surface area contributed by atoms with E-state index in [1.165, 1.54) is 12.1 Å². The van der Waals surface area contributed by atoms with Crippen LogP contribution in [0.25, 0.3) is 0 Å². The van der Waals surface area contributed by atoms with Gasteiger partial charge in [0.15, 0.2) is 0 Å². The molecule has 0 aromatic heterocycles. The number of ether oxygens (including phenoxy) is 1. The predicted molar refractivity (Wildman–Crippen MR) is 75.7 cm³/mol. The summed E-state index contributed by atoms with van der Waals surface area (Å²) in [6.45, 7) is 7.22. The van der Waals surface area contributed by atoms with Gasteiger partial charge in [0, 0.05) is 13.0 Å². The minimum Gasteiger partial charge on any atom is -0.367 e. The number of carbonyl (C=O) groups is 1. The second-order valence-electron chi connectivity index (χ2n) is 5.88.